The van der Waals surface area contributed by atoms with Crippen molar-refractivity contribution in [1.82, 2.24) is 4.72 Å². The monoisotopic (exact) mass is 265 g/mol. The summed E-state index contributed by atoms with van der Waals surface area (Å²) in [4.78, 5) is 11.1. The molecule has 0 saturated carbocycles. The zero-order valence-electron chi connectivity index (χ0n) is 5.84. The highest BCUT2D eigenvalue weighted by atomic mass is 79.9. The van der Waals surface area contributed by atoms with E-state index in [1.807, 2.05) is 0 Å². The summed E-state index contributed by atoms with van der Waals surface area (Å²) in [6.45, 7) is 0. The molecule has 2 nitrogen and oxygen atoms in total. The molecule has 0 saturated heterocycles. The van der Waals surface area contributed by atoms with E-state index in [1.165, 1.54) is 0 Å². The van der Waals surface area contributed by atoms with Crippen molar-refractivity contribution >= 4 is 46.3 Å². The maximum atomic E-state index is 11.1. The lowest BCUT2D eigenvalue weighted by Gasteiger charge is -2.01. The van der Waals surface area contributed by atoms with E-state index in [-0.39, 0.29) is 5.91 Å². The lowest BCUT2D eigenvalue weighted by Crippen LogP contribution is -2.12. The van der Waals surface area contributed by atoms with Gasteiger partial charge in [-0.1, -0.05) is 24.4 Å². The highest BCUT2D eigenvalue weighted by Crippen LogP contribution is 2.21. The van der Waals surface area contributed by atoms with Gasteiger partial charge in [0.1, 0.15) is 0 Å². The van der Waals surface area contributed by atoms with Crippen molar-refractivity contribution < 1.29 is 4.79 Å². The van der Waals surface area contributed by atoms with Gasteiger partial charge in [-0.3, -0.25) is 9.52 Å². The Bertz CT molecular complexity index is 318. The smallest absolute Gasteiger partial charge is 0.262 e. The topological polar surface area (TPSA) is 29.1 Å². The molecule has 0 spiro atoms. The Morgan fingerprint density at radius 3 is 2.75 bits per heavy atom. The molecule has 1 aromatic carbocycles. The second-order valence-electron chi connectivity index (χ2n) is 2.07. The fourth-order valence-corrected chi connectivity index (χ4v) is 1.72. The Kier molecular flexibility index (Phi) is 3.43. The summed E-state index contributed by atoms with van der Waals surface area (Å²) < 4.78 is 2.88. The number of hydrogen-bond donors (Lipinski definition) is 2. The van der Waals surface area contributed by atoms with Gasteiger partial charge >= 0.3 is 0 Å². The third-order valence-electron chi connectivity index (χ3n) is 1.28. The Labute approximate surface area is 89.0 Å². The summed E-state index contributed by atoms with van der Waals surface area (Å²) in [5, 5.41) is 0.581. The van der Waals surface area contributed by atoms with Gasteiger partial charge in [-0.05, 0) is 34.1 Å². The highest BCUT2D eigenvalue weighted by Gasteiger charge is 2.07. The minimum Gasteiger partial charge on any atom is -0.299 e. The van der Waals surface area contributed by atoms with Crippen molar-refractivity contribution in [3.05, 3.63) is 33.3 Å². The second-order valence-corrected chi connectivity index (χ2v) is 3.58. The van der Waals surface area contributed by atoms with Gasteiger partial charge in [0.15, 0.2) is 0 Å². The van der Waals surface area contributed by atoms with Crippen LogP contribution in [0, 0.1) is 0 Å². The van der Waals surface area contributed by atoms with Crippen LogP contribution in [0.15, 0.2) is 22.7 Å². The maximum absolute atomic E-state index is 11.1. The Morgan fingerprint density at radius 1 is 1.58 bits per heavy atom. The molecule has 0 aliphatic heterocycles. The fraction of sp³-hybridized carbons (Fsp3) is 0. The molecule has 0 bridgehead atoms. The standard InChI is InChI=1S/C7H5BrClNOS/c8-6-3-4(9)1-2-5(6)7(11)10-12/h1-3,12H,(H,10,11). The average Bonchev–Trinajstić information content (AvgIpc) is 2.03. The quantitative estimate of drug-likeness (QED) is 0.752. The number of halogens is 2. The van der Waals surface area contributed by atoms with E-state index in [4.69, 9.17) is 11.6 Å². The molecule has 0 heterocycles. The highest BCUT2D eigenvalue weighted by molar-refractivity contribution is 9.10. The molecule has 1 amide bonds. The van der Waals surface area contributed by atoms with Crippen molar-refractivity contribution in [2.24, 2.45) is 0 Å². The van der Waals surface area contributed by atoms with Crippen LogP contribution in [0.25, 0.3) is 0 Å². The van der Waals surface area contributed by atoms with Crippen LogP contribution in [0.3, 0.4) is 0 Å². The van der Waals surface area contributed by atoms with Crippen molar-refractivity contribution in [3.8, 4) is 0 Å². The van der Waals surface area contributed by atoms with E-state index in [1.54, 1.807) is 18.2 Å². The van der Waals surface area contributed by atoms with Crippen molar-refractivity contribution in [2.75, 3.05) is 0 Å². The van der Waals surface area contributed by atoms with Crippen LogP contribution in [0.5, 0.6) is 0 Å². The predicted octanol–water partition coefficient (Wildman–Crippen LogP) is 2.68. The second kappa shape index (κ2) is 4.16. The first kappa shape index (κ1) is 9.89. The molecule has 0 aromatic heterocycles. The van der Waals surface area contributed by atoms with E-state index in [0.29, 0.717) is 15.1 Å². The molecular formula is C7H5BrClNOS. The van der Waals surface area contributed by atoms with Crippen LogP contribution >= 0.6 is 40.3 Å². The van der Waals surface area contributed by atoms with Crippen LogP contribution in [-0.2, 0) is 0 Å². The van der Waals surface area contributed by atoms with Gasteiger partial charge in [0.25, 0.3) is 5.91 Å². The zero-order valence-corrected chi connectivity index (χ0v) is 9.08. The third-order valence-corrected chi connectivity index (χ3v) is 2.37. The van der Waals surface area contributed by atoms with E-state index < -0.39 is 0 Å². The van der Waals surface area contributed by atoms with Crippen LogP contribution in [0.2, 0.25) is 5.02 Å². The molecular weight excluding hydrogens is 262 g/mol. The summed E-state index contributed by atoms with van der Waals surface area (Å²) in [6.07, 6.45) is 0. The molecule has 0 radical (unpaired) electrons. The zero-order chi connectivity index (χ0) is 9.14. The number of benzene rings is 1. The number of rotatable bonds is 1. The first-order valence-corrected chi connectivity index (χ1v) is 4.66. The number of carbonyl (C=O) groups is 1. The third kappa shape index (κ3) is 2.15. The summed E-state index contributed by atoms with van der Waals surface area (Å²) in [6, 6.07) is 4.92. The maximum Gasteiger partial charge on any atom is 0.262 e. The van der Waals surface area contributed by atoms with Gasteiger partial charge in [0, 0.05) is 9.50 Å². The van der Waals surface area contributed by atoms with E-state index in [9.17, 15) is 4.79 Å². The van der Waals surface area contributed by atoms with Gasteiger partial charge in [-0.2, -0.15) is 0 Å². The molecule has 1 N–H and O–H groups in total. The number of nitrogens with one attached hydrogen (secondary N) is 1. The first-order valence-electron chi connectivity index (χ1n) is 3.04. The van der Waals surface area contributed by atoms with Gasteiger partial charge in [-0.25, -0.2) is 0 Å². The minimum atomic E-state index is -0.262. The SMILES string of the molecule is O=C(NS)c1ccc(Cl)cc1Br. The Morgan fingerprint density at radius 2 is 2.25 bits per heavy atom. The molecule has 0 fully saturated rings. The predicted molar refractivity (Wildman–Crippen MR) is 55.6 cm³/mol. The van der Waals surface area contributed by atoms with Crippen LogP contribution < -0.4 is 4.72 Å². The summed E-state index contributed by atoms with van der Waals surface area (Å²) in [5.41, 5.74) is 0.509. The molecule has 5 heteroatoms. The van der Waals surface area contributed by atoms with Crippen LogP contribution in [-0.4, -0.2) is 5.91 Å². The van der Waals surface area contributed by atoms with Crippen molar-refractivity contribution in [1.29, 1.82) is 0 Å². The normalized spacial score (nSPS) is 9.58. The fourth-order valence-electron chi connectivity index (χ4n) is 0.734. The molecule has 1 rings (SSSR count). The molecule has 0 aliphatic carbocycles. The van der Waals surface area contributed by atoms with Crippen molar-refractivity contribution in [2.45, 2.75) is 0 Å². The number of carbonyl (C=O) groups excluding carboxylic acids is 1. The minimum absolute atomic E-state index is 0.262. The number of thiol groups is 1. The van der Waals surface area contributed by atoms with Gasteiger partial charge in [0.05, 0.1) is 5.56 Å². The largest absolute Gasteiger partial charge is 0.299 e. The summed E-state index contributed by atoms with van der Waals surface area (Å²) in [5.74, 6) is -0.262. The number of hydrogen-bond acceptors (Lipinski definition) is 2. The molecule has 0 unspecified atom stereocenters. The number of amides is 1. The van der Waals surface area contributed by atoms with E-state index in [2.05, 4.69) is 33.5 Å². The van der Waals surface area contributed by atoms with Crippen molar-refractivity contribution in [3.63, 3.8) is 0 Å². The molecule has 1 aromatic rings. The Hall–Kier alpha value is -0.190. The molecule has 12 heavy (non-hydrogen) atoms. The van der Waals surface area contributed by atoms with Gasteiger partial charge < -0.3 is 0 Å². The van der Waals surface area contributed by atoms with Crippen LogP contribution in [0.4, 0.5) is 0 Å². The lowest BCUT2D eigenvalue weighted by molar-refractivity contribution is 0.0984. The molecule has 0 aliphatic rings. The summed E-state index contributed by atoms with van der Waals surface area (Å²) in [7, 11) is 0. The van der Waals surface area contributed by atoms with Crippen LogP contribution in [0.1, 0.15) is 10.4 Å². The average molecular weight is 267 g/mol. The van der Waals surface area contributed by atoms with E-state index >= 15 is 0 Å². The first-order chi connectivity index (χ1) is 5.65. The molecule has 0 atom stereocenters. The lowest BCUT2D eigenvalue weighted by atomic mass is 10.2. The summed E-state index contributed by atoms with van der Waals surface area (Å²) >= 11 is 12.5. The Balaban J connectivity index is 3.09. The van der Waals surface area contributed by atoms with Gasteiger partial charge in [0.2, 0.25) is 0 Å². The van der Waals surface area contributed by atoms with E-state index in [0.717, 1.165) is 0 Å². The van der Waals surface area contributed by atoms with Gasteiger partial charge in [-0.15, -0.1) is 0 Å². The molecule has 64 valence electrons.